The minimum Gasteiger partial charge on any atom is -0.328 e. The van der Waals surface area contributed by atoms with Crippen molar-refractivity contribution in [2.45, 2.75) is 19.8 Å². The number of nitrogens with zero attached hydrogens (tertiary/aromatic N) is 3. The SMILES string of the molecule is Cc1nc2c(s1)CCC1=C2CN(c2ccccc2)C=N1. The number of rotatable bonds is 1. The highest BCUT2D eigenvalue weighted by molar-refractivity contribution is 7.11. The van der Waals surface area contributed by atoms with Crippen molar-refractivity contribution in [2.75, 3.05) is 11.4 Å². The van der Waals surface area contributed by atoms with E-state index < -0.39 is 0 Å². The van der Waals surface area contributed by atoms with Crippen molar-refractivity contribution in [3.8, 4) is 0 Å². The van der Waals surface area contributed by atoms with Gasteiger partial charge < -0.3 is 4.90 Å². The number of aliphatic imine (C=N–C) groups is 1. The van der Waals surface area contributed by atoms with E-state index in [1.807, 2.05) is 23.7 Å². The van der Waals surface area contributed by atoms with Crippen LogP contribution in [0.2, 0.25) is 0 Å². The van der Waals surface area contributed by atoms with Crippen LogP contribution in [0.4, 0.5) is 5.69 Å². The molecule has 0 spiro atoms. The molecule has 1 aliphatic carbocycles. The molecule has 4 rings (SSSR count). The predicted octanol–water partition coefficient (Wildman–Crippen LogP) is 3.66. The van der Waals surface area contributed by atoms with Crippen LogP contribution >= 0.6 is 11.3 Å². The average Bonchev–Trinajstić information content (AvgIpc) is 2.88. The first kappa shape index (κ1) is 11.9. The zero-order chi connectivity index (χ0) is 13.5. The van der Waals surface area contributed by atoms with Crippen LogP contribution in [0.25, 0.3) is 5.57 Å². The van der Waals surface area contributed by atoms with Gasteiger partial charge in [0.15, 0.2) is 0 Å². The quantitative estimate of drug-likeness (QED) is 0.798. The van der Waals surface area contributed by atoms with Gasteiger partial charge in [0.05, 0.1) is 23.6 Å². The van der Waals surface area contributed by atoms with Gasteiger partial charge in [-0.1, -0.05) is 18.2 Å². The normalized spacial score (nSPS) is 17.1. The first-order chi connectivity index (χ1) is 9.81. The number of aryl methyl sites for hydroxylation is 2. The van der Waals surface area contributed by atoms with E-state index in [1.165, 1.54) is 27.5 Å². The molecular weight excluding hydrogens is 266 g/mol. The van der Waals surface area contributed by atoms with Gasteiger partial charge in [-0.05, 0) is 31.9 Å². The summed E-state index contributed by atoms with van der Waals surface area (Å²) in [5.74, 6) is 0. The van der Waals surface area contributed by atoms with E-state index in [2.05, 4.69) is 41.1 Å². The maximum atomic E-state index is 4.72. The first-order valence-corrected chi connectivity index (χ1v) is 7.67. The van der Waals surface area contributed by atoms with Crippen LogP contribution in [0.3, 0.4) is 0 Å². The summed E-state index contributed by atoms with van der Waals surface area (Å²) in [6.45, 7) is 2.96. The molecule has 0 fully saturated rings. The fraction of sp³-hybridized carbons (Fsp3) is 0.250. The van der Waals surface area contributed by atoms with Gasteiger partial charge in [0.1, 0.15) is 0 Å². The van der Waals surface area contributed by atoms with Gasteiger partial charge in [-0.15, -0.1) is 11.3 Å². The topological polar surface area (TPSA) is 28.5 Å². The highest BCUT2D eigenvalue weighted by atomic mass is 32.1. The molecule has 0 radical (unpaired) electrons. The molecule has 100 valence electrons. The Morgan fingerprint density at radius 2 is 2.00 bits per heavy atom. The largest absolute Gasteiger partial charge is 0.328 e. The first-order valence-electron chi connectivity index (χ1n) is 6.86. The smallest absolute Gasteiger partial charge is 0.0956 e. The third-order valence-corrected chi connectivity index (χ3v) is 4.83. The van der Waals surface area contributed by atoms with Crippen LogP contribution in [-0.4, -0.2) is 17.9 Å². The number of aromatic nitrogens is 1. The van der Waals surface area contributed by atoms with Crippen molar-refractivity contribution in [1.82, 2.24) is 4.98 Å². The molecule has 0 N–H and O–H groups in total. The summed E-state index contributed by atoms with van der Waals surface area (Å²) >= 11 is 1.83. The van der Waals surface area contributed by atoms with Crippen molar-refractivity contribution >= 4 is 28.9 Å². The molecule has 1 aromatic heterocycles. The Kier molecular flexibility index (Phi) is 2.70. The summed E-state index contributed by atoms with van der Waals surface area (Å²) in [6.07, 6.45) is 4.09. The molecule has 0 saturated carbocycles. The lowest BCUT2D eigenvalue weighted by atomic mass is 9.97. The van der Waals surface area contributed by atoms with Gasteiger partial charge >= 0.3 is 0 Å². The Morgan fingerprint density at radius 1 is 1.15 bits per heavy atom. The third-order valence-electron chi connectivity index (χ3n) is 3.80. The lowest BCUT2D eigenvalue weighted by Gasteiger charge is -2.28. The van der Waals surface area contributed by atoms with E-state index >= 15 is 0 Å². The van der Waals surface area contributed by atoms with Crippen molar-refractivity contribution in [3.05, 3.63) is 51.6 Å². The predicted molar refractivity (Wildman–Crippen MR) is 84.4 cm³/mol. The minimum absolute atomic E-state index is 0.874. The maximum Gasteiger partial charge on any atom is 0.0956 e. The second-order valence-electron chi connectivity index (χ2n) is 5.14. The van der Waals surface area contributed by atoms with Crippen LogP contribution in [0.15, 0.2) is 41.0 Å². The number of hydrogen-bond acceptors (Lipinski definition) is 4. The zero-order valence-electron chi connectivity index (χ0n) is 11.3. The summed E-state index contributed by atoms with van der Waals surface area (Å²) in [4.78, 5) is 13.0. The molecular formula is C16H15N3S. The van der Waals surface area contributed by atoms with E-state index in [0.29, 0.717) is 0 Å². The molecule has 3 nitrogen and oxygen atoms in total. The van der Waals surface area contributed by atoms with Crippen LogP contribution in [0, 0.1) is 6.92 Å². The Labute approximate surface area is 122 Å². The van der Waals surface area contributed by atoms with Crippen molar-refractivity contribution < 1.29 is 0 Å². The molecule has 2 heterocycles. The Bertz CT molecular complexity index is 713. The van der Waals surface area contributed by atoms with Crippen molar-refractivity contribution in [3.63, 3.8) is 0 Å². The molecule has 2 aromatic rings. The number of hydrogen-bond donors (Lipinski definition) is 0. The average molecular weight is 281 g/mol. The van der Waals surface area contributed by atoms with Gasteiger partial charge in [0.2, 0.25) is 0 Å². The summed E-state index contributed by atoms with van der Waals surface area (Å²) in [7, 11) is 0. The highest BCUT2D eigenvalue weighted by Gasteiger charge is 2.26. The molecule has 0 amide bonds. The molecule has 0 saturated heterocycles. The third kappa shape index (κ3) is 1.88. The number of fused-ring (bicyclic) bond motifs is 2. The monoisotopic (exact) mass is 281 g/mol. The molecule has 4 heteroatoms. The van der Waals surface area contributed by atoms with E-state index in [1.54, 1.807) is 0 Å². The van der Waals surface area contributed by atoms with Gasteiger partial charge in [-0.2, -0.15) is 0 Å². The fourth-order valence-corrected chi connectivity index (χ4v) is 3.79. The van der Waals surface area contributed by atoms with Gasteiger partial charge in [0.25, 0.3) is 0 Å². The van der Waals surface area contributed by atoms with E-state index in [9.17, 15) is 0 Å². The molecule has 1 aliphatic heterocycles. The van der Waals surface area contributed by atoms with E-state index in [-0.39, 0.29) is 0 Å². The highest BCUT2D eigenvalue weighted by Crippen LogP contribution is 2.37. The van der Waals surface area contributed by atoms with E-state index in [4.69, 9.17) is 4.98 Å². The Hall–Kier alpha value is -1.94. The van der Waals surface area contributed by atoms with Crippen molar-refractivity contribution in [1.29, 1.82) is 0 Å². The summed E-state index contributed by atoms with van der Waals surface area (Å²) in [5, 5.41) is 1.16. The van der Waals surface area contributed by atoms with Gasteiger partial charge in [-0.3, -0.25) is 0 Å². The van der Waals surface area contributed by atoms with Gasteiger partial charge in [0, 0.05) is 21.8 Å². The molecule has 2 aliphatic rings. The molecule has 0 atom stereocenters. The molecule has 0 bridgehead atoms. The second kappa shape index (κ2) is 4.56. The van der Waals surface area contributed by atoms with E-state index in [0.717, 1.165) is 24.4 Å². The summed E-state index contributed by atoms with van der Waals surface area (Å²) < 4.78 is 0. The van der Waals surface area contributed by atoms with Crippen LogP contribution in [-0.2, 0) is 6.42 Å². The summed E-state index contributed by atoms with van der Waals surface area (Å²) in [5.41, 5.74) is 4.89. The Balaban J connectivity index is 1.72. The number of benzene rings is 1. The molecule has 1 aromatic carbocycles. The lowest BCUT2D eigenvalue weighted by Crippen LogP contribution is -2.28. The molecule has 20 heavy (non-hydrogen) atoms. The van der Waals surface area contributed by atoms with Crippen LogP contribution < -0.4 is 4.90 Å². The maximum absolute atomic E-state index is 4.72. The Morgan fingerprint density at radius 3 is 2.85 bits per heavy atom. The standard InChI is InChI=1S/C16H15N3S/c1-11-18-16-13-9-19(12-5-3-2-4-6-12)10-17-14(13)7-8-15(16)20-11/h2-6,10H,7-9H2,1H3. The second-order valence-corrected chi connectivity index (χ2v) is 6.43. The number of para-hydroxylation sites is 1. The molecule has 0 unspecified atom stereocenters. The zero-order valence-corrected chi connectivity index (χ0v) is 12.2. The van der Waals surface area contributed by atoms with Crippen LogP contribution in [0.5, 0.6) is 0 Å². The van der Waals surface area contributed by atoms with Crippen LogP contribution in [0.1, 0.15) is 22.0 Å². The minimum atomic E-state index is 0.874. The number of thiazole rings is 1. The lowest BCUT2D eigenvalue weighted by molar-refractivity contribution is 0.888. The summed E-state index contributed by atoms with van der Waals surface area (Å²) in [6, 6.07) is 10.4. The van der Waals surface area contributed by atoms with Crippen molar-refractivity contribution in [2.24, 2.45) is 4.99 Å². The number of allylic oxidation sites excluding steroid dienone is 1. The fourth-order valence-electron chi connectivity index (χ4n) is 2.83. The number of anilines is 1. The van der Waals surface area contributed by atoms with Gasteiger partial charge in [-0.25, -0.2) is 9.98 Å².